The fourth-order valence-corrected chi connectivity index (χ4v) is 4.01. The summed E-state index contributed by atoms with van der Waals surface area (Å²) in [6.07, 6.45) is 4.65. The molecule has 0 spiro atoms. The van der Waals surface area contributed by atoms with Crippen LogP contribution in [0.15, 0.2) is 36.9 Å². The van der Waals surface area contributed by atoms with Crippen LogP contribution in [0.25, 0.3) is 0 Å². The third-order valence-electron chi connectivity index (χ3n) is 5.04. The van der Waals surface area contributed by atoms with Gasteiger partial charge in [-0.2, -0.15) is 0 Å². The molecule has 3 rings (SSSR count). The summed E-state index contributed by atoms with van der Waals surface area (Å²) in [6, 6.07) is 8.02. The lowest BCUT2D eigenvalue weighted by Crippen LogP contribution is -2.35. The first-order chi connectivity index (χ1) is 10.6. The van der Waals surface area contributed by atoms with E-state index >= 15 is 0 Å². The van der Waals surface area contributed by atoms with E-state index in [1.165, 1.54) is 5.56 Å². The molecule has 118 valence electrons. The Morgan fingerprint density at radius 1 is 1.55 bits per heavy atom. The number of ether oxygens (including phenoxy) is 1. The summed E-state index contributed by atoms with van der Waals surface area (Å²) in [4.78, 5) is 14.0. The Labute approximate surface area is 131 Å². The monoisotopic (exact) mass is 301 g/mol. The van der Waals surface area contributed by atoms with Crippen LogP contribution >= 0.6 is 0 Å². The van der Waals surface area contributed by atoms with E-state index in [1.807, 2.05) is 18.2 Å². The third-order valence-corrected chi connectivity index (χ3v) is 5.04. The summed E-state index contributed by atoms with van der Waals surface area (Å²) in [6.45, 7) is 6.50. The predicted octanol–water partition coefficient (Wildman–Crippen LogP) is 2.94. The summed E-state index contributed by atoms with van der Waals surface area (Å²) in [7, 11) is 0. The number of fused-ring (bicyclic) bond motifs is 1. The minimum Gasteiger partial charge on any atom is -0.490 e. The first kappa shape index (κ1) is 15.1. The van der Waals surface area contributed by atoms with E-state index in [0.717, 1.165) is 38.1 Å². The van der Waals surface area contributed by atoms with Crippen LogP contribution in [0.4, 0.5) is 0 Å². The van der Waals surface area contributed by atoms with Gasteiger partial charge >= 0.3 is 5.97 Å². The number of benzene rings is 1. The van der Waals surface area contributed by atoms with Crippen LogP contribution in [0.5, 0.6) is 5.75 Å². The number of rotatable bonds is 6. The van der Waals surface area contributed by atoms with Gasteiger partial charge in [0.2, 0.25) is 0 Å². The first-order valence-electron chi connectivity index (χ1n) is 7.92. The van der Waals surface area contributed by atoms with Gasteiger partial charge in [0, 0.05) is 19.6 Å². The van der Waals surface area contributed by atoms with E-state index in [2.05, 4.69) is 17.5 Å². The summed E-state index contributed by atoms with van der Waals surface area (Å²) in [5.74, 6) is 0.538. The molecule has 1 heterocycles. The molecule has 1 saturated heterocycles. The van der Waals surface area contributed by atoms with Crippen molar-refractivity contribution in [3.05, 3.63) is 42.5 Å². The molecule has 0 bridgehead atoms. The molecule has 1 aromatic rings. The number of carboxylic acid groups (broad SMARTS) is 1. The average Bonchev–Trinajstić information content (AvgIpc) is 3.03. The molecule has 1 aliphatic carbocycles. The molecule has 2 atom stereocenters. The second kappa shape index (κ2) is 6.13. The predicted molar refractivity (Wildman–Crippen MR) is 84.8 cm³/mol. The zero-order chi connectivity index (χ0) is 15.6. The number of hydrogen-bond acceptors (Lipinski definition) is 3. The van der Waals surface area contributed by atoms with Crippen LogP contribution in [0, 0.1) is 11.3 Å². The van der Waals surface area contributed by atoms with E-state index in [9.17, 15) is 9.90 Å². The smallest absolute Gasteiger partial charge is 0.311 e. The topological polar surface area (TPSA) is 49.8 Å². The van der Waals surface area contributed by atoms with Crippen molar-refractivity contribution in [3.8, 4) is 5.75 Å². The molecule has 4 heteroatoms. The van der Waals surface area contributed by atoms with Crippen LogP contribution in [0.3, 0.4) is 0 Å². The van der Waals surface area contributed by atoms with E-state index in [0.29, 0.717) is 19.1 Å². The molecule has 4 nitrogen and oxygen atoms in total. The lowest BCUT2D eigenvalue weighted by molar-refractivity contribution is -0.149. The summed E-state index contributed by atoms with van der Waals surface area (Å²) < 4.78 is 5.56. The van der Waals surface area contributed by atoms with Gasteiger partial charge in [-0.15, -0.1) is 0 Å². The molecule has 2 fully saturated rings. The van der Waals surface area contributed by atoms with E-state index in [1.54, 1.807) is 6.08 Å². The Hall–Kier alpha value is -1.81. The number of carbonyl (C=O) groups is 1. The summed E-state index contributed by atoms with van der Waals surface area (Å²) in [5.41, 5.74) is 0.666. The summed E-state index contributed by atoms with van der Waals surface area (Å²) >= 11 is 0. The van der Waals surface area contributed by atoms with Gasteiger partial charge in [-0.1, -0.05) is 31.2 Å². The van der Waals surface area contributed by atoms with Gasteiger partial charge in [-0.25, -0.2) is 0 Å². The lowest BCUT2D eigenvalue weighted by Gasteiger charge is -2.23. The number of likely N-dealkylation sites (tertiary alicyclic amines) is 1. The fourth-order valence-electron chi connectivity index (χ4n) is 4.01. The molecular formula is C18H23NO3. The van der Waals surface area contributed by atoms with Gasteiger partial charge in [0.05, 0.1) is 5.41 Å². The van der Waals surface area contributed by atoms with Gasteiger partial charge in [-0.05, 0) is 36.5 Å². The van der Waals surface area contributed by atoms with Crippen molar-refractivity contribution in [1.29, 1.82) is 0 Å². The van der Waals surface area contributed by atoms with E-state index in [-0.39, 0.29) is 0 Å². The van der Waals surface area contributed by atoms with Crippen molar-refractivity contribution in [2.45, 2.75) is 25.8 Å². The molecule has 2 aliphatic rings. The van der Waals surface area contributed by atoms with Crippen molar-refractivity contribution >= 4 is 5.97 Å². The highest BCUT2D eigenvalue weighted by Crippen LogP contribution is 2.49. The molecule has 0 aromatic heterocycles. The maximum absolute atomic E-state index is 11.7. The van der Waals surface area contributed by atoms with Gasteiger partial charge in [0.1, 0.15) is 12.4 Å². The van der Waals surface area contributed by atoms with Crippen LogP contribution in [-0.2, 0) is 11.3 Å². The molecule has 22 heavy (non-hydrogen) atoms. The van der Waals surface area contributed by atoms with Crippen LogP contribution in [0.1, 0.15) is 24.8 Å². The van der Waals surface area contributed by atoms with Crippen LogP contribution in [-0.4, -0.2) is 35.7 Å². The maximum Gasteiger partial charge on any atom is 0.311 e. The molecule has 0 amide bonds. The standard InChI is InChI=1S/C18H23NO3/c1-2-9-22-16-7-3-5-14(10-16)11-19-12-15-6-4-8-18(15,13-19)17(20)21/h2-3,5,7,10,15H,1,4,6,8-9,11-13H2,(H,20,21)/t15-,18+/m0/s1. The third kappa shape index (κ3) is 2.75. The zero-order valence-electron chi connectivity index (χ0n) is 12.8. The number of nitrogens with zero attached hydrogens (tertiary/aromatic N) is 1. The molecule has 1 aromatic carbocycles. The van der Waals surface area contributed by atoms with Gasteiger partial charge in [0.15, 0.2) is 0 Å². The molecular weight excluding hydrogens is 278 g/mol. The van der Waals surface area contributed by atoms with Gasteiger partial charge < -0.3 is 9.84 Å². The first-order valence-corrected chi connectivity index (χ1v) is 7.92. The Kier molecular flexibility index (Phi) is 4.21. The molecule has 1 saturated carbocycles. The lowest BCUT2D eigenvalue weighted by atomic mass is 9.81. The Morgan fingerprint density at radius 3 is 3.14 bits per heavy atom. The molecule has 1 N–H and O–H groups in total. The normalized spacial score (nSPS) is 27.5. The van der Waals surface area contributed by atoms with E-state index in [4.69, 9.17) is 4.74 Å². The maximum atomic E-state index is 11.7. The molecule has 0 unspecified atom stereocenters. The Balaban J connectivity index is 1.67. The van der Waals surface area contributed by atoms with Crippen molar-refractivity contribution in [3.63, 3.8) is 0 Å². The zero-order valence-corrected chi connectivity index (χ0v) is 12.8. The summed E-state index contributed by atoms with van der Waals surface area (Å²) in [5, 5.41) is 9.64. The number of aliphatic carboxylic acids is 1. The SMILES string of the molecule is C=CCOc1cccc(CN2C[C@@H]3CCC[C@@]3(C(=O)O)C2)c1. The highest BCUT2D eigenvalue weighted by molar-refractivity contribution is 5.76. The molecule has 0 radical (unpaired) electrons. The van der Waals surface area contributed by atoms with Crippen LogP contribution < -0.4 is 4.74 Å². The quantitative estimate of drug-likeness (QED) is 0.821. The highest BCUT2D eigenvalue weighted by Gasteiger charge is 2.54. The van der Waals surface area contributed by atoms with Gasteiger partial charge in [0.25, 0.3) is 0 Å². The Morgan fingerprint density at radius 2 is 2.41 bits per heavy atom. The molecule has 1 aliphatic heterocycles. The average molecular weight is 301 g/mol. The number of hydrogen-bond donors (Lipinski definition) is 1. The van der Waals surface area contributed by atoms with Crippen molar-refractivity contribution in [2.24, 2.45) is 11.3 Å². The Bertz CT molecular complexity index is 571. The van der Waals surface area contributed by atoms with Crippen molar-refractivity contribution in [2.75, 3.05) is 19.7 Å². The number of carboxylic acids is 1. The van der Waals surface area contributed by atoms with Crippen molar-refractivity contribution < 1.29 is 14.6 Å². The largest absolute Gasteiger partial charge is 0.490 e. The minimum absolute atomic E-state index is 0.310. The highest BCUT2D eigenvalue weighted by atomic mass is 16.5. The second-order valence-electron chi connectivity index (χ2n) is 6.47. The second-order valence-corrected chi connectivity index (χ2v) is 6.47. The van der Waals surface area contributed by atoms with Crippen LogP contribution in [0.2, 0.25) is 0 Å². The minimum atomic E-state index is -0.611. The van der Waals surface area contributed by atoms with Gasteiger partial charge in [-0.3, -0.25) is 9.69 Å². The fraction of sp³-hybridized carbons (Fsp3) is 0.500. The van der Waals surface area contributed by atoms with Crippen molar-refractivity contribution in [1.82, 2.24) is 4.90 Å². The van der Waals surface area contributed by atoms with E-state index < -0.39 is 11.4 Å².